The summed E-state index contributed by atoms with van der Waals surface area (Å²) in [4.78, 5) is 8.37. The van der Waals surface area contributed by atoms with E-state index in [-0.39, 0.29) is 18.2 Å². The van der Waals surface area contributed by atoms with E-state index in [9.17, 15) is 8.42 Å². The van der Waals surface area contributed by atoms with Crippen molar-refractivity contribution in [2.75, 3.05) is 33.0 Å². The molecule has 0 bridgehead atoms. The fourth-order valence-corrected chi connectivity index (χ4v) is 3.68. The molecule has 3 rings (SSSR count). The van der Waals surface area contributed by atoms with E-state index in [1.54, 1.807) is 6.07 Å². The Morgan fingerprint density at radius 1 is 1.17 bits per heavy atom. The van der Waals surface area contributed by atoms with E-state index in [0.717, 1.165) is 23.5 Å². The lowest BCUT2D eigenvalue weighted by molar-refractivity contribution is 0.174. The minimum atomic E-state index is -3.57. The van der Waals surface area contributed by atoms with Crippen molar-refractivity contribution in [3.8, 4) is 11.5 Å². The molecule has 0 atom stereocenters. The van der Waals surface area contributed by atoms with Crippen LogP contribution >= 0.6 is 0 Å². The van der Waals surface area contributed by atoms with Gasteiger partial charge in [0.15, 0.2) is 17.5 Å². The zero-order chi connectivity index (χ0) is 20.5. The molecule has 2 heterocycles. The second kappa shape index (κ2) is 10.1. The zero-order valence-corrected chi connectivity index (χ0v) is 17.0. The van der Waals surface area contributed by atoms with Gasteiger partial charge in [-0.3, -0.25) is 9.98 Å². The van der Waals surface area contributed by atoms with Gasteiger partial charge in [0.25, 0.3) is 0 Å². The SMILES string of the molecule is CCNC(=NCCNS(=O)(=O)c1cccnc1)NCCc1ccc2c(c1)OCO2. The van der Waals surface area contributed by atoms with Crippen molar-refractivity contribution in [3.63, 3.8) is 0 Å². The summed E-state index contributed by atoms with van der Waals surface area (Å²) in [5.74, 6) is 2.17. The lowest BCUT2D eigenvalue weighted by Crippen LogP contribution is -2.39. The summed E-state index contributed by atoms with van der Waals surface area (Å²) in [6.07, 6.45) is 3.63. The number of aromatic nitrogens is 1. The Kier molecular flexibility index (Phi) is 7.25. The monoisotopic (exact) mass is 419 g/mol. The van der Waals surface area contributed by atoms with Crippen molar-refractivity contribution in [2.45, 2.75) is 18.2 Å². The number of aliphatic imine (C=N–C) groups is 1. The smallest absolute Gasteiger partial charge is 0.242 e. The average Bonchev–Trinajstić information content (AvgIpc) is 3.20. The summed E-state index contributed by atoms with van der Waals surface area (Å²) >= 11 is 0. The molecule has 156 valence electrons. The molecule has 2 aromatic rings. The van der Waals surface area contributed by atoms with Gasteiger partial charge in [0.2, 0.25) is 16.8 Å². The first-order valence-electron chi connectivity index (χ1n) is 9.39. The van der Waals surface area contributed by atoms with Crippen LogP contribution in [0, 0.1) is 0 Å². The van der Waals surface area contributed by atoms with E-state index < -0.39 is 10.0 Å². The van der Waals surface area contributed by atoms with E-state index in [2.05, 4.69) is 25.3 Å². The predicted octanol–water partition coefficient (Wildman–Crippen LogP) is 0.886. The molecule has 29 heavy (non-hydrogen) atoms. The minimum absolute atomic E-state index is 0.137. The number of sulfonamides is 1. The lowest BCUT2D eigenvalue weighted by atomic mass is 10.1. The zero-order valence-electron chi connectivity index (χ0n) is 16.2. The number of hydrogen-bond acceptors (Lipinski definition) is 6. The Bertz CT molecular complexity index is 935. The number of nitrogens with zero attached hydrogens (tertiary/aromatic N) is 2. The summed E-state index contributed by atoms with van der Waals surface area (Å²) in [7, 11) is -3.57. The maximum absolute atomic E-state index is 12.2. The topological polar surface area (TPSA) is 114 Å². The molecule has 0 amide bonds. The second-order valence-electron chi connectivity index (χ2n) is 6.21. The number of nitrogens with one attached hydrogen (secondary N) is 3. The van der Waals surface area contributed by atoms with Crippen molar-refractivity contribution in [1.82, 2.24) is 20.3 Å². The molecule has 0 spiro atoms. The van der Waals surface area contributed by atoms with Crippen LogP contribution in [0.5, 0.6) is 11.5 Å². The van der Waals surface area contributed by atoms with Crippen LogP contribution in [0.3, 0.4) is 0 Å². The summed E-state index contributed by atoms with van der Waals surface area (Å²) in [5.41, 5.74) is 1.13. The summed E-state index contributed by atoms with van der Waals surface area (Å²) in [5, 5.41) is 6.39. The molecule has 1 aromatic carbocycles. The Balaban J connectivity index is 1.46. The highest BCUT2D eigenvalue weighted by atomic mass is 32.2. The van der Waals surface area contributed by atoms with Gasteiger partial charge < -0.3 is 20.1 Å². The van der Waals surface area contributed by atoms with Crippen molar-refractivity contribution < 1.29 is 17.9 Å². The van der Waals surface area contributed by atoms with Crippen LogP contribution < -0.4 is 24.8 Å². The number of hydrogen-bond donors (Lipinski definition) is 3. The molecule has 0 aliphatic carbocycles. The molecule has 1 aliphatic heterocycles. The molecule has 3 N–H and O–H groups in total. The maximum Gasteiger partial charge on any atom is 0.242 e. The van der Waals surface area contributed by atoms with Crippen molar-refractivity contribution in [3.05, 3.63) is 48.3 Å². The third-order valence-electron chi connectivity index (χ3n) is 4.11. The summed E-state index contributed by atoms with van der Waals surface area (Å²) in [6, 6.07) is 8.97. The first kappa shape index (κ1) is 20.9. The molecule has 1 aliphatic rings. The number of rotatable bonds is 9. The molecule has 0 saturated heterocycles. The van der Waals surface area contributed by atoms with Gasteiger partial charge in [-0.2, -0.15) is 0 Å². The highest BCUT2D eigenvalue weighted by Crippen LogP contribution is 2.32. The number of guanidine groups is 1. The van der Waals surface area contributed by atoms with Crippen LogP contribution in [0.2, 0.25) is 0 Å². The fourth-order valence-electron chi connectivity index (χ4n) is 2.70. The Labute approximate surface area is 170 Å². The first-order chi connectivity index (χ1) is 14.1. The van der Waals surface area contributed by atoms with Gasteiger partial charge in [-0.15, -0.1) is 0 Å². The van der Waals surface area contributed by atoms with E-state index in [4.69, 9.17) is 9.47 Å². The van der Waals surface area contributed by atoms with Crippen LogP contribution in [0.25, 0.3) is 0 Å². The van der Waals surface area contributed by atoms with Gasteiger partial charge >= 0.3 is 0 Å². The molecule has 1 aromatic heterocycles. The van der Waals surface area contributed by atoms with Crippen molar-refractivity contribution >= 4 is 16.0 Å². The van der Waals surface area contributed by atoms with Crippen molar-refractivity contribution in [1.29, 1.82) is 0 Å². The third-order valence-corrected chi connectivity index (χ3v) is 5.55. The number of ether oxygens (including phenoxy) is 2. The average molecular weight is 420 g/mol. The Morgan fingerprint density at radius 2 is 2.03 bits per heavy atom. The van der Waals surface area contributed by atoms with Gasteiger partial charge in [-0.05, 0) is 43.2 Å². The molecule has 9 nitrogen and oxygen atoms in total. The van der Waals surface area contributed by atoms with Crippen molar-refractivity contribution in [2.24, 2.45) is 4.99 Å². The molecule has 0 fully saturated rings. The van der Waals surface area contributed by atoms with Crippen LogP contribution in [-0.4, -0.2) is 52.3 Å². The number of pyridine rings is 1. The molecular weight excluding hydrogens is 394 g/mol. The highest BCUT2D eigenvalue weighted by molar-refractivity contribution is 7.89. The molecule has 0 radical (unpaired) electrons. The number of fused-ring (bicyclic) bond motifs is 1. The number of benzene rings is 1. The minimum Gasteiger partial charge on any atom is -0.454 e. The normalized spacial score (nSPS) is 13.3. The maximum atomic E-state index is 12.2. The molecule has 0 unspecified atom stereocenters. The molecule has 10 heteroatoms. The van der Waals surface area contributed by atoms with E-state index >= 15 is 0 Å². The van der Waals surface area contributed by atoms with Crippen LogP contribution in [0.1, 0.15) is 12.5 Å². The standard InChI is InChI=1S/C19H25N5O4S/c1-2-21-19(22-9-7-15-5-6-17-18(12-15)28-14-27-17)23-10-11-24-29(25,26)16-4-3-8-20-13-16/h3-6,8,12-13,24H,2,7,9-11,14H2,1H3,(H2,21,22,23). The predicted molar refractivity (Wildman–Crippen MR) is 110 cm³/mol. The molecule has 0 saturated carbocycles. The second-order valence-corrected chi connectivity index (χ2v) is 7.98. The first-order valence-corrected chi connectivity index (χ1v) is 10.9. The Hall–Kier alpha value is -2.85. The summed E-state index contributed by atoms with van der Waals surface area (Å²) < 4.78 is 37.6. The summed E-state index contributed by atoms with van der Waals surface area (Å²) in [6.45, 7) is 4.11. The van der Waals surface area contributed by atoms with E-state index in [0.29, 0.717) is 25.6 Å². The third kappa shape index (κ3) is 6.06. The van der Waals surface area contributed by atoms with Gasteiger partial charge in [-0.1, -0.05) is 6.07 Å². The van der Waals surface area contributed by atoms with Gasteiger partial charge in [0.05, 0.1) is 6.54 Å². The van der Waals surface area contributed by atoms with Crippen LogP contribution in [0.4, 0.5) is 0 Å². The van der Waals surface area contributed by atoms with Gasteiger partial charge in [0, 0.05) is 32.0 Å². The van der Waals surface area contributed by atoms with E-state index in [1.165, 1.54) is 18.5 Å². The van der Waals surface area contributed by atoms with Crippen LogP contribution in [-0.2, 0) is 16.4 Å². The highest BCUT2D eigenvalue weighted by Gasteiger charge is 2.14. The van der Waals surface area contributed by atoms with Gasteiger partial charge in [-0.25, -0.2) is 13.1 Å². The van der Waals surface area contributed by atoms with Gasteiger partial charge in [0.1, 0.15) is 4.90 Å². The fraction of sp³-hybridized carbons (Fsp3) is 0.368. The van der Waals surface area contributed by atoms with E-state index in [1.807, 2.05) is 25.1 Å². The lowest BCUT2D eigenvalue weighted by Gasteiger charge is -2.12. The Morgan fingerprint density at radius 3 is 2.83 bits per heavy atom. The molecular formula is C19H25N5O4S. The largest absolute Gasteiger partial charge is 0.454 e. The van der Waals surface area contributed by atoms with Crippen LogP contribution in [0.15, 0.2) is 52.6 Å². The quantitative estimate of drug-likeness (QED) is 0.314.